The lowest BCUT2D eigenvalue weighted by molar-refractivity contribution is 0.271. The largest absolute Gasteiger partial charge is 0.392 e. The van der Waals surface area contributed by atoms with Gasteiger partial charge >= 0.3 is 0 Å². The zero-order valence-corrected chi connectivity index (χ0v) is 9.49. The highest BCUT2D eigenvalue weighted by Crippen LogP contribution is 2.33. The number of aliphatic hydroxyl groups is 1. The summed E-state index contributed by atoms with van der Waals surface area (Å²) in [6.45, 7) is -0.124. The number of anilines is 1. The Hall–Kier alpha value is -2.02. The number of hydrogen-bond donors (Lipinski definition) is 2. The third-order valence-electron chi connectivity index (χ3n) is 3.15. The van der Waals surface area contributed by atoms with E-state index < -0.39 is 12.2 Å². The van der Waals surface area contributed by atoms with Crippen LogP contribution in [0.15, 0.2) is 24.3 Å². The summed E-state index contributed by atoms with van der Waals surface area (Å²) in [5.74, 6) is 0.276. The van der Waals surface area contributed by atoms with Gasteiger partial charge in [-0.1, -0.05) is 6.08 Å². The molecule has 0 saturated heterocycles. The molecule has 0 saturated carbocycles. The molecule has 2 heterocycles. The van der Waals surface area contributed by atoms with Gasteiger partial charge in [-0.2, -0.15) is 0 Å². The highest BCUT2D eigenvalue weighted by Gasteiger charge is 2.29. The number of alkyl halides is 1. The smallest absolute Gasteiger partial charge is 0.166 e. The number of rotatable bonds is 2. The number of nitrogens with zero attached hydrogens (tertiary/aromatic N) is 4. The Morgan fingerprint density at radius 1 is 1.44 bits per heavy atom. The molecule has 0 fully saturated rings. The Bertz CT molecular complexity index is 623. The van der Waals surface area contributed by atoms with Crippen LogP contribution < -0.4 is 5.73 Å². The maximum atomic E-state index is 13.9. The fraction of sp³-hybridized carbons (Fsp3) is 0.364. The number of nitrogens with two attached hydrogens (primary N) is 1. The Balaban J connectivity index is 2.10. The fourth-order valence-corrected chi connectivity index (χ4v) is 2.25. The van der Waals surface area contributed by atoms with Gasteiger partial charge in [0.25, 0.3) is 0 Å². The minimum absolute atomic E-state index is 0.124. The zero-order valence-electron chi connectivity index (χ0n) is 9.49. The van der Waals surface area contributed by atoms with Crippen LogP contribution in [0.5, 0.6) is 0 Å². The number of hydrogen-bond acceptors (Lipinski definition) is 5. The van der Waals surface area contributed by atoms with Gasteiger partial charge < -0.3 is 15.4 Å². The van der Waals surface area contributed by atoms with Crippen LogP contribution in [0.3, 0.4) is 0 Å². The van der Waals surface area contributed by atoms with Crippen molar-refractivity contribution in [2.24, 2.45) is 0 Å². The van der Waals surface area contributed by atoms with Crippen molar-refractivity contribution in [1.82, 2.24) is 19.5 Å². The normalized spacial score (nSPS) is 23.6. The quantitative estimate of drug-likeness (QED) is 0.761. The molecule has 0 amide bonds. The van der Waals surface area contributed by atoms with Crippen molar-refractivity contribution in [3.63, 3.8) is 0 Å². The molecule has 1 unspecified atom stereocenters. The maximum absolute atomic E-state index is 13.9. The third-order valence-corrected chi connectivity index (χ3v) is 3.15. The van der Waals surface area contributed by atoms with Crippen LogP contribution in [-0.2, 0) is 0 Å². The van der Waals surface area contributed by atoms with Crippen molar-refractivity contribution in [3.05, 3.63) is 24.3 Å². The molecule has 18 heavy (non-hydrogen) atoms. The molecule has 2 atom stereocenters. The molecule has 0 radical (unpaired) electrons. The van der Waals surface area contributed by atoms with Gasteiger partial charge in [0.1, 0.15) is 18.0 Å². The van der Waals surface area contributed by atoms with E-state index in [0.717, 1.165) is 0 Å². The van der Waals surface area contributed by atoms with Gasteiger partial charge in [0.05, 0.1) is 19.0 Å². The lowest BCUT2D eigenvalue weighted by Gasteiger charge is -2.13. The average molecular weight is 249 g/mol. The number of aliphatic hydroxyl groups excluding tert-OH is 1. The van der Waals surface area contributed by atoms with Crippen molar-refractivity contribution < 1.29 is 9.50 Å². The molecule has 6 nitrogen and oxygen atoms in total. The summed E-state index contributed by atoms with van der Waals surface area (Å²) < 4.78 is 15.6. The second-order valence-electron chi connectivity index (χ2n) is 4.28. The average Bonchev–Trinajstić information content (AvgIpc) is 2.93. The van der Waals surface area contributed by atoms with Gasteiger partial charge in [-0.05, 0) is 5.57 Å². The van der Waals surface area contributed by atoms with E-state index in [4.69, 9.17) is 10.8 Å². The highest BCUT2D eigenvalue weighted by molar-refractivity contribution is 5.81. The minimum atomic E-state index is -1.08. The standard InChI is InChI=1S/C11H12FN5O/c12-7-1-6(3-18)2-8(7)17-5-16-9-10(13)14-4-15-11(9)17/h2,4-5,7-8,18H,1,3H2,(H2,13,14,15)/t7?,8-/m1/s1. The van der Waals surface area contributed by atoms with Crippen LogP contribution in [0.25, 0.3) is 11.2 Å². The molecule has 0 aromatic carbocycles. The van der Waals surface area contributed by atoms with E-state index in [1.54, 1.807) is 10.6 Å². The highest BCUT2D eigenvalue weighted by atomic mass is 19.1. The molecule has 7 heteroatoms. The fourth-order valence-electron chi connectivity index (χ4n) is 2.25. The number of aromatic nitrogens is 4. The molecule has 0 bridgehead atoms. The van der Waals surface area contributed by atoms with Gasteiger partial charge in [0, 0.05) is 6.42 Å². The number of fused-ring (bicyclic) bond motifs is 1. The van der Waals surface area contributed by atoms with E-state index in [1.165, 1.54) is 12.7 Å². The Morgan fingerprint density at radius 3 is 3.00 bits per heavy atom. The molecular formula is C11H12FN5O. The van der Waals surface area contributed by atoms with Crippen molar-refractivity contribution in [3.8, 4) is 0 Å². The van der Waals surface area contributed by atoms with E-state index in [9.17, 15) is 4.39 Å². The van der Waals surface area contributed by atoms with Crippen LogP contribution >= 0.6 is 0 Å². The van der Waals surface area contributed by atoms with Crippen molar-refractivity contribution in [2.45, 2.75) is 18.6 Å². The van der Waals surface area contributed by atoms with Crippen molar-refractivity contribution in [2.75, 3.05) is 12.3 Å². The number of nitrogen functional groups attached to an aromatic ring is 1. The molecule has 3 N–H and O–H groups in total. The van der Waals surface area contributed by atoms with Crippen LogP contribution in [0.2, 0.25) is 0 Å². The molecule has 0 spiro atoms. The molecule has 2 aromatic rings. The molecule has 1 aliphatic rings. The van der Waals surface area contributed by atoms with Crippen LogP contribution in [0, 0.1) is 0 Å². The van der Waals surface area contributed by atoms with E-state index >= 15 is 0 Å². The third kappa shape index (κ3) is 1.55. The van der Waals surface area contributed by atoms with Gasteiger partial charge in [-0.25, -0.2) is 19.3 Å². The lowest BCUT2D eigenvalue weighted by Crippen LogP contribution is -2.14. The Morgan fingerprint density at radius 2 is 2.28 bits per heavy atom. The predicted octanol–water partition coefficient (Wildman–Crippen LogP) is 0.610. The van der Waals surface area contributed by atoms with E-state index in [1.807, 2.05) is 0 Å². The molecule has 2 aromatic heterocycles. The second kappa shape index (κ2) is 4.02. The van der Waals surface area contributed by atoms with E-state index in [-0.39, 0.29) is 18.8 Å². The Labute approximate surface area is 102 Å². The molecule has 94 valence electrons. The Kier molecular flexibility index (Phi) is 2.48. The van der Waals surface area contributed by atoms with Gasteiger partial charge in [0.15, 0.2) is 11.5 Å². The topological polar surface area (TPSA) is 89.9 Å². The van der Waals surface area contributed by atoms with Gasteiger partial charge in [-0.3, -0.25) is 0 Å². The summed E-state index contributed by atoms with van der Waals surface area (Å²) in [4.78, 5) is 12.0. The predicted molar refractivity (Wildman–Crippen MR) is 63.5 cm³/mol. The summed E-state index contributed by atoms with van der Waals surface area (Å²) in [7, 11) is 0. The summed E-state index contributed by atoms with van der Waals surface area (Å²) in [5, 5.41) is 9.05. The molecule has 3 rings (SSSR count). The molecular weight excluding hydrogens is 237 g/mol. The van der Waals surface area contributed by atoms with Crippen molar-refractivity contribution in [1.29, 1.82) is 0 Å². The van der Waals surface area contributed by atoms with Gasteiger partial charge in [0.2, 0.25) is 0 Å². The molecule has 0 aliphatic heterocycles. The van der Waals surface area contributed by atoms with Crippen LogP contribution in [0.1, 0.15) is 12.5 Å². The number of imidazole rings is 1. The van der Waals surface area contributed by atoms with E-state index in [2.05, 4.69) is 15.0 Å². The van der Waals surface area contributed by atoms with Crippen LogP contribution in [0.4, 0.5) is 10.2 Å². The van der Waals surface area contributed by atoms with Crippen molar-refractivity contribution >= 4 is 17.0 Å². The minimum Gasteiger partial charge on any atom is -0.392 e. The van der Waals surface area contributed by atoms with Crippen LogP contribution in [-0.4, -0.2) is 37.4 Å². The summed E-state index contributed by atoms with van der Waals surface area (Å²) in [5.41, 5.74) is 7.34. The molecule has 1 aliphatic carbocycles. The number of allylic oxidation sites excluding steroid dienone is 1. The van der Waals surface area contributed by atoms with Gasteiger partial charge in [-0.15, -0.1) is 0 Å². The zero-order chi connectivity index (χ0) is 12.7. The lowest BCUT2D eigenvalue weighted by atomic mass is 10.2. The first-order valence-corrected chi connectivity index (χ1v) is 5.58. The monoisotopic (exact) mass is 249 g/mol. The summed E-state index contributed by atoms with van der Waals surface area (Å²) in [6, 6.07) is -0.494. The first-order chi connectivity index (χ1) is 8.70. The van der Waals surface area contributed by atoms with E-state index in [0.29, 0.717) is 16.7 Å². The second-order valence-corrected chi connectivity index (χ2v) is 4.28. The summed E-state index contributed by atoms with van der Waals surface area (Å²) >= 11 is 0. The maximum Gasteiger partial charge on any atom is 0.166 e. The number of halogens is 1. The first kappa shape index (κ1) is 11.1. The first-order valence-electron chi connectivity index (χ1n) is 5.58. The SMILES string of the molecule is Nc1ncnc2c1ncn2[C@@H]1C=C(CO)CC1F. The summed E-state index contributed by atoms with van der Waals surface area (Å²) in [6.07, 6.45) is 3.70.